The molecule has 0 radical (unpaired) electrons. The lowest BCUT2D eigenvalue weighted by atomic mass is 10.0. The van der Waals surface area contributed by atoms with Gasteiger partial charge in [0.05, 0.1) is 17.6 Å². The zero-order valence-corrected chi connectivity index (χ0v) is 12.3. The highest BCUT2D eigenvalue weighted by atomic mass is 32.5. The average molecular weight is 355 g/mol. The molecule has 0 amide bonds. The molecule has 10 heteroatoms. The monoisotopic (exact) mass is 355 g/mol. The molecule has 0 spiro atoms. The van der Waals surface area contributed by atoms with Crippen LogP contribution in [0.3, 0.4) is 0 Å². The summed E-state index contributed by atoms with van der Waals surface area (Å²) >= 11 is 0. The Morgan fingerprint density at radius 2 is 1.70 bits per heavy atom. The van der Waals surface area contributed by atoms with Crippen molar-refractivity contribution in [2.75, 3.05) is 7.11 Å². The van der Waals surface area contributed by atoms with Gasteiger partial charge in [-0.05, 0) is 29.8 Å². The van der Waals surface area contributed by atoms with Crippen LogP contribution in [0.2, 0.25) is 0 Å². The first kappa shape index (κ1) is 17.0. The Morgan fingerprint density at radius 1 is 1.04 bits per heavy atom. The Morgan fingerprint density at radius 3 is 2.22 bits per heavy atom. The number of nitro benzene ring substituents is 1. The Hall–Kier alpha value is -2.36. The fourth-order valence-corrected chi connectivity index (χ4v) is 2.60. The summed E-state index contributed by atoms with van der Waals surface area (Å²) in [5.74, 6) is 0.314. The number of hydrogen-bond donors (Lipinski definition) is 0. The predicted octanol–water partition coefficient (Wildman–Crippen LogP) is 5.93. The second kappa shape index (κ2) is 4.57. The van der Waals surface area contributed by atoms with E-state index in [4.69, 9.17) is 4.74 Å². The summed E-state index contributed by atoms with van der Waals surface area (Å²) in [5.41, 5.74) is -1.12. The first-order chi connectivity index (χ1) is 10.3. The third kappa shape index (κ3) is 3.70. The van der Waals surface area contributed by atoms with Crippen LogP contribution in [-0.4, -0.2) is 12.0 Å². The quantitative estimate of drug-likeness (QED) is 0.388. The van der Waals surface area contributed by atoms with Crippen LogP contribution in [0.15, 0.2) is 47.4 Å². The van der Waals surface area contributed by atoms with Crippen LogP contribution in [0.5, 0.6) is 5.75 Å². The van der Waals surface area contributed by atoms with E-state index in [9.17, 15) is 29.5 Å². The Balaban J connectivity index is 2.70. The second-order valence-electron chi connectivity index (χ2n) is 4.64. The number of ether oxygens (including phenoxy) is 1. The number of nitrogens with zero attached hydrogens (tertiary/aromatic N) is 1. The van der Waals surface area contributed by atoms with Crippen molar-refractivity contribution in [3.05, 3.63) is 52.6 Å². The highest BCUT2D eigenvalue weighted by Crippen LogP contribution is 3.02. The van der Waals surface area contributed by atoms with Crippen molar-refractivity contribution >= 4 is 15.9 Å². The van der Waals surface area contributed by atoms with E-state index in [2.05, 4.69) is 0 Å². The molecule has 0 N–H and O–H groups in total. The van der Waals surface area contributed by atoms with Crippen LogP contribution >= 0.6 is 10.2 Å². The zero-order chi connectivity index (χ0) is 17.5. The van der Waals surface area contributed by atoms with E-state index < -0.39 is 25.7 Å². The maximum absolute atomic E-state index is 12.8. The van der Waals surface area contributed by atoms with Crippen LogP contribution in [0.25, 0.3) is 11.1 Å². The van der Waals surface area contributed by atoms with Gasteiger partial charge in [0, 0.05) is 6.07 Å². The topological polar surface area (TPSA) is 52.4 Å². The van der Waals surface area contributed by atoms with Crippen LogP contribution < -0.4 is 4.74 Å². The van der Waals surface area contributed by atoms with Gasteiger partial charge in [-0.1, -0.05) is 31.6 Å². The second-order valence-corrected chi connectivity index (χ2v) is 7.05. The molecule has 0 fully saturated rings. The normalized spacial score (nSPS) is 14.7. The van der Waals surface area contributed by atoms with Gasteiger partial charge in [0.15, 0.2) is 0 Å². The van der Waals surface area contributed by atoms with Crippen molar-refractivity contribution in [2.24, 2.45) is 0 Å². The van der Waals surface area contributed by atoms with Gasteiger partial charge in [0.2, 0.25) is 0 Å². The molecular formula is C13H10F5NO3S. The molecule has 0 bridgehead atoms. The summed E-state index contributed by atoms with van der Waals surface area (Å²) in [6, 6.07) is 6.39. The average Bonchev–Trinajstić information content (AvgIpc) is 2.44. The third-order valence-corrected chi connectivity index (χ3v) is 4.14. The molecule has 2 aromatic rings. The summed E-state index contributed by atoms with van der Waals surface area (Å²) < 4.78 is 68.9. The summed E-state index contributed by atoms with van der Waals surface area (Å²) in [7, 11) is -8.66. The molecule has 0 aromatic heterocycles. The van der Waals surface area contributed by atoms with Gasteiger partial charge in [-0.3, -0.25) is 10.1 Å². The lowest BCUT2D eigenvalue weighted by Gasteiger charge is -2.40. The van der Waals surface area contributed by atoms with Gasteiger partial charge >= 0.3 is 10.2 Å². The molecule has 0 unspecified atom stereocenters. The van der Waals surface area contributed by atoms with Crippen molar-refractivity contribution in [2.45, 2.75) is 4.90 Å². The Bertz CT molecular complexity index is 792. The molecular weight excluding hydrogens is 345 g/mol. The molecule has 0 aliphatic rings. The summed E-state index contributed by atoms with van der Waals surface area (Å²) in [4.78, 5) is 7.57. The van der Waals surface area contributed by atoms with Crippen LogP contribution in [0.1, 0.15) is 0 Å². The number of rotatable bonds is 4. The van der Waals surface area contributed by atoms with Crippen molar-refractivity contribution < 1.29 is 29.1 Å². The maximum atomic E-state index is 12.8. The molecule has 23 heavy (non-hydrogen) atoms. The highest BCUT2D eigenvalue weighted by molar-refractivity contribution is 8.45. The minimum Gasteiger partial charge on any atom is -0.497 e. The molecule has 2 rings (SSSR count). The Kier molecular flexibility index (Phi) is 3.38. The number of benzene rings is 2. The zero-order valence-electron chi connectivity index (χ0n) is 11.5. The van der Waals surface area contributed by atoms with Gasteiger partial charge < -0.3 is 4.74 Å². The molecule has 4 nitrogen and oxygen atoms in total. The molecule has 2 aromatic carbocycles. The summed E-state index contributed by atoms with van der Waals surface area (Å²) in [6.07, 6.45) is 0. The van der Waals surface area contributed by atoms with E-state index in [-0.39, 0.29) is 23.3 Å². The smallest absolute Gasteiger partial charge is 0.310 e. The first-order valence-electron chi connectivity index (χ1n) is 5.99. The van der Waals surface area contributed by atoms with Crippen LogP contribution in [0.4, 0.5) is 25.1 Å². The summed E-state index contributed by atoms with van der Waals surface area (Å²) in [5, 5.41) is 11.0. The van der Waals surface area contributed by atoms with Gasteiger partial charge in [-0.2, -0.15) is 0 Å². The maximum Gasteiger partial charge on any atom is 0.310 e. The van der Waals surface area contributed by atoms with E-state index in [1.54, 1.807) is 0 Å². The van der Waals surface area contributed by atoms with Crippen molar-refractivity contribution in [1.82, 2.24) is 0 Å². The molecule has 0 aliphatic heterocycles. The molecule has 0 saturated carbocycles. The van der Waals surface area contributed by atoms with E-state index in [1.807, 2.05) is 0 Å². The van der Waals surface area contributed by atoms with Gasteiger partial charge in [-0.25, -0.2) is 0 Å². The molecule has 0 aliphatic carbocycles. The largest absolute Gasteiger partial charge is 0.497 e. The molecule has 0 saturated heterocycles. The van der Waals surface area contributed by atoms with Gasteiger partial charge in [-0.15, -0.1) is 0 Å². The van der Waals surface area contributed by atoms with Crippen LogP contribution in [-0.2, 0) is 0 Å². The standard InChI is InChI=1S/C13H10F5NO3S/c1-22-10-4-2-3-9(7-10)12-6-5-11(8-13(12)19(20)21)23(14,15,16,17)18/h2-8H,1H3. The Labute approximate surface area is 127 Å². The predicted molar refractivity (Wildman–Crippen MR) is 76.5 cm³/mol. The highest BCUT2D eigenvalue weighted by Gasteiger charge is 2.65. The fraction of sp³-hybridized carbons (Fsp3) is 0.0769. The van der Waals surface area contributed by atoms with Crippen molar-refractivity contribution in [1.29, 1.82) is 0 Å². The van der Waals surface area contributed by atoms with E-state index in [0.29, 0.717) is 11.8 Å². The van der Waals surface area contributed by atoms with E-state index in [0.717, 1.165) is 0 Å². The fourth-order valence-electron chi connectivity index (χ4n) is 1.94. The van der Waals surface area contributed by atoms with Gasteiger partial charge in [0.25, 0.3) is 5.69 Å². The molecule has 0 atom stereocenters. The lowest BCUT2D eigenvalue weighted by Crippen LogP contribution is -2.07. The molecule has 126 valence electrons. The van der Waals surface area contributed by atoms with Crippen molar-refractivity contribution in [3.8, 4) is 16.9 Å². The lowest BCUT2D eigenvalue weighted by molar-refractivity contribution is -0.384. The number of hydrogen-bond acceptors (Lipinski definition) is 3. The number of nitro groups is 1. The molecule has 0 heterocycles. The van der Waals surface area contributed by atoms with Crippen LogP contribution in [0, 0.1) is 10.1 Å². The number of methoxy groups -OCH3 is 1. The number of halogens is 5. The third-order valence-electron chi connectivity index (χ3n) is 2.99. The van der Waals surface area contributed by atoms with E-state index in [1.165, 1.54) is 31.4 Å². The SMILES string of the molecule is COc1cccc(-c2ccc(S(F)(F)(F)(F)F)cc2[N+](=O)[O-])c1. The summed E-state index contributed by atoms with van der Waals surface area (Å²) in [6.45, 7) is 0. The first-order valence-corrected chi connectivity index (χ1v) is 7.94. The minimum atomic E-state index is -9.99. The minimum absolute atomic E-state index is 0.142. The van der Waals surface area contributed by atoms with Gasteiger partial charge in [0.1, 0.15) is 10.6 Å². The van der Waals surface area contributed by atoms with Crippen molar-refractivity contribution in [3.63, 3.8) is 0 Å². The van der Waals surface area contributed by atoms with E-state index >= 15 is 0 Å².